The third-order valence-corrected chi connectivity index (χ3v) is 5.07. The van der Waals surface area contributed by atoms with Gasteiger partial charge in [0, 0.05) is 11.6 Å². The van der Waals surface area contributed by atoms with Crippen LogP contribution in [0.2, 0.25) is 5.02 Å². The van der Waals surface area contributed by atoms with E-state index in [4.69, 9.17) is 21.1 Å². The van der Waals surface area contributed by atoms with Gasteiger partial charge in [0.15, 0.2) is 5.13 Å². The molecule has 128 valence electrons. The standard InChI is InChI=1S/C16H17ClN2O4S/c1-22-15(21)14-8-18-16(24-14)19-7-6-12(20)13(9-19)23-11-4-2-10(17)3-5-11/h2-5,8,12-13,20H,6-7,9H2,1H3/t12-,13-/m1/s1. The highest BCUT2D eigenvalue weighted by atomic mass is 35.5. The first-order valence-corrected chi connectivity index (χ1v) is 8.65. The van der Waals surface area contributed by atoms with E-state index in [-0.39, 0.29) is 6.10 Å². The fourth-order valence-electron chi connectivity index (χ4n) is 2.49. The van der Waals surface area contributed by atoms with Crippen molar-refractivity contribution < 1.29 is 19.4 Å². The molecule has 0 saturated carbocycles. The highest BCUT2D eigenvalue weighted by Gasteiger charge is 2.31. The number of piperidine rings is 1. The molecule has 0 unspecified atom stereocenters. The summed E-state index contributed by atoms with van der Waals surface area (Å²) in [6, 6.07) is 7.03. The Labute approximate surface area is 148 Å². The van der Waals surface area contributed by atoms with E-state index in [0.717, 1.165) is 0 Å². The summed E-state index contributed by atoms with van der Waals surface area (Å²) in [5, 5.41) is 11.6. The Morgan fingerprint density at radius 3 is 2.88 bits per heavy atom. The van der Waals surface area contributed by atoms with Gasteiger partial charge in [-0.15, -0.1) is 0 Å². The highest BCUT2D eigenvalue weighted by molar-refractivity contribution is 7.17. The van der Waals surface area contributed by atoms with E-state index in [1.54, 1.807) is 24.3 Å². The van der Waals surface area contributed by atoms with Crippen molar-refractivity contribution in [1.82, 2.24) is 4.98 Å². The number of nitrogens with zero attached hydrogens (tertiary/aromatic N) is 2. The molecule has 3 rings (SSSR count). The first kappa shape index (κ1) is 17.0. The molecule has 0 spiro atoms. The van der Waals surface area contributed by atoms with Crippen molar-refractivity contribution in [3.8, 4) is 5.75 Å². The summed E-state index contributed by atoms with van der Waals surface area (Å²) in [5.74, 6) is 0.254. The van der Waals surface area contributed by atoms with Gasteiger partial charge in [-0.25, -0.2) is 9.78 Å². The number of hydrogen-bond donors (Lipinski definition) is 1. The van der Waals surface area contributed by atoms with Gasteiger partial charge in [-0.05, 0) is 30.7 Å². The molecule has 0 amide bonds. The van der Waals surface area contributed by atoms with E-state index >= 15 is 0 Å². The molecule has 1 aliphatic heterocycles. The molecule has 6 nitrogen and oxygen atoms in total. The topological polar surface area (TPSA) is 71.9 Å². The average Bonchev–Trinajstić information content (AvgIpc) is 3.08. The first-order chi connectivity index (χ1) is 11.6. The summed E-state index contributed by atoms with van der Waals surface area (Å²) in [5.41, 5.74) is 0. The number of aliphatic hydroxyl groups is 1. The second-order valence-corrected chi connectivity index (χ2v) is 6.86. The van der Waals surface area contributed by atoms with Crippen LogP contribution < -0.4 is 9.64 Å². The molecule has 2 atom stereocenters. The van der Waals surface area contributed by atoms with Gasteiger partial charge in [0.1, 0.15) is 16.7 Å². The van der Waals surface area contributed by atoms with Crippen molar-refractivity contribution in [2.75, 3.05) is 25.1 Å². The summed E-state index contributed by atoms with van der Waals surface area (Å²) in [7, 11) is 1.34. The molecule has 0 bridgehead atoms. The van der Waals surface area contributed by atoms with Gasteiger partial charge in [0.2, 0.25) is 0 Å². The molecule has 1 aromatic heterocycles. The lowest BCUT2D eigenvalue weighted by atomic mass is 10.1. The molecule has 2 aromatic rings. The molecule has 8 heteroatoms. The number of ether oxygens (including phenoxy) is 2. The highest BCUT2D eigenvalue weighted by Crippen LogP contribution is 2.28. The molecule has 2 heterocycles. The van der Waals surface area contributed by atoms with E-state index in [1.807, 2.05) is 4.90 Å². The Bertz CT molecular complexity index is 706. The molecule has 1 N–H and O–H groups in total. The lowest BCUT2D eigenvalue weighted by molar-refractivity contribution is 0.0235. The van der Waals surface area contributed by atoms with Crippen molar-refractivity contribution in [2.45, 2.75) is 18.6 Å². The number of anilines is 1. The lowest BCUT2D eigenvalue weighted by Crippen LogP contribution is -2.49. The maximum Gasteiger partial charge on any atom is 0.349 e. The van der Waals surface area contributed by atoms with E-state index in [9.17, 15) is 9.90 Å². The minimum absolute atomic E-state index is 0.384. The van der Waals surface area contributed by atoms with Crippen LogP contribution in [0, 0.1) is 0 Å². The quantitative estimate of drug-likeness (QED) is 0.836. The summed E-state index contributed by atoms with van der Waals surface area (Å²) in [6.07, 6.45) is 1.12. The van der Waals surface area contributed by atoms with Gasteiger partial charge in [0.25, 0.3) is 0 Å². The van der Waals surface area contributed by atoms with Crippen molar-refractivity contribution in [3.05, 3.63) is 40.4 Å². The number of carbonyl (C=O) groups excluding carboxylic acids is 1. The van der Waals surface area contributed by atoms with Gasteiger partial charge in [-0.2, -0.15) is 0 Å². The third-order valence-electron chi connectivity index (χ3n) is 3.78. The monoisotopic (exact) mass is 368 g/mol. The van der Waals surface area contributed by atoms with E-state index in [1.165, 1.54) is 24.6 Å². The number of aromatic nitrogens is 1. The molecular weight excluding hydrogens is 352 g/mol. The molecule has 1 saturated heterocycles. The smallest absolute Gasteiger partial charge is 0.349 e. The molecule has 1 aliphatic rings. The fourth-order valence-corrected chi connectivity index (χ4v) is 3.48. The largest absolute Gasteiger partial charge is 0.486 e. The van der Waals surface area contributed by atoms with E-state index < -0.39 is 12.1 Å². The first-order valence-electron chi connectivity index (χ1n) is 7.46. The van der Waals surface area contributed by atoms with Crippen LogP contribution in [0.1, 0.15) is 16.1 Å². The number of halogens is 1. The van der Waals surface area contributed by atoms with Crippen LogP contribution in [0.15, 0.2) is 30.5 Å². The zero-order chi connectivity index (χ0) is 17.1. The fraction of sp³-hybridized carbons (Fsp3) is 0.375. The van der Waals surface area contributed by atoms with Crippen LogP contribution in [0.25, 0.3) is 0 Å². The van der Waals surface area contributed by atoms with Crippen LogP contribution in [0.3, 0.4) is 0 Å². The lowest BCUT2D eigenvalue weighted by Gasteiger charge is -2.36. The minimum Gasteiger partial charge on any atom is -0.486 e. The third kappa shape index (κ3) is 3.80. The predicted octanol–water partition coefficient (Wildman–Crippen LogP) is 2.60. The Morgan fingerprint density at radius 1 is 1.42 bits per heavy atom. The molecule has 1 fully saturated rings. The SMILES string of the molecule is COC(=O)c1cnc(N2CC[C@@H](O)[C@H](Oc3ccc(Cl)cc3)C2)s1. The summed E-state index contributed by atoms with van der Waals surface area (Å²) >= 11 is 7.14. The van der Waals surface area contributed by atoms with Crippen molar-refractivity contribution in [2.24, 2.45) is 0 Å². The summed E-state index contributed by atoms with van der Waals surface area (Å²) in [6.45, 7) is 1.13. The number of rotatable bonds is 4. The number of thiazole rings is 1. The number of esters is 1. The van der Waals surface area contributed by atoms with Gasteiger partial charge in [-0.3, -0.25) is 0 Å². The maximum atomic E-state index is 11.5. The van der Waals surface area contributed by atoms with Crippen LogP contribution in [0.5, 0.6) is 5.75 Å². The Morgan fingerprint density at radius 2 is 2.17 bits per heavy atom. The van der Waals surface area contributed by atoms with Gasteiger partial charge >= 0.3 is 5.97 Å². The number of methoxy groups -OCH3 is 1. The maximum absolute atomic E-state index is 11.5. The number of aliphatic hydroxyl groups excluding tert-OH is 1. The van der Waals surface area contributed by atoms with E-state index in [2.05, 4.69) is 4.98 Å². The van der Waals surface area contributed by atoms with Crippen LogP contribution in [-0.2, 0) is 4.74 Å². The summed E-state index contributed by atoms with van der Waals surface area (Å²) in [4.78, 5) is 18.3. The van der Waals surface area contributed by atoms with Crippen LogP contribution >= 0.6 is 22.9 Å². The van der Waals surface area contributed by atoms with Gasteiger partial charge in [0.05, 0.1) is 26.0 Å². The van der Waals surface area contributed by atoms with Gasteiger partial charge < -0.3 is 19.5 Å². The Hall–Kier alpha value is -1.83. The second kappa shape index (κ2) is 7.38. The van der Waals surface area contributed by atoms with Crippen molar-refractivity contribution in [3.63, 3.8) is 0 Å². The zero-order valence-electron chi connectivity index (χ0n) is 13.0. The second-order valence-electron chi connectivity index (χ2n) is 5.41. The van der Waals surface area contributed by atoms with Crippen LogP contribution in [0.4, 0.5) is 5.13 Å². The minimum atomic E-state index is -0.558. The Balaban J connectivity index is 1.69. The summed E-state index contributed by atoms with van der Waals surface area (Å²) < 4.78 is 10.6. The zero-order valence-corrected chi connectivity index (χ0v) is 14.6. The molecule has 0 aliphatic carbocycles. The molecule has 24 heavy (non-hydrogen) atoms. The van der Waals surface area contributed by atoms with Crippen molar-refractivity contribution >= 4 is 34.0 Å². The molecule has 1 aromatic carbocycles. The normalized spacial score (nSPS) is 20.7. The molecular formula is C16H17ClN2O4S. The predicted molar refractivity (Wildman–Crippen MR) is 92.2 cm³/mol. The number of benzene rings is 1. The van der Waals surface area contributed by atoms with Crippen LogP contribution in [-0.4, -0.2) is 48.5 Å². The Kier molecular flexibility index (Phi) is 5.23. The molecule has 0 radical (unpaired) electrons. The van der Waals surface area contributed by atoms with Gasteiger partial charge in [-0.1, -0.05) is 22.9 Å². The number of carbonyl (C=O) groups is 1. The van der Waals surface area contributed by atoms with Crippen molar-refractivity contribution in [1.29, 1.82) is 0 Å². The number of hydrogen-bond acceptors (Lipinski definition) is 7. The average molecular weight is 369 g/mol. The van der Waals surface area contributed by atoms with E-state index in [0.29, 0.717) is 40.3 Å².